The summed E-state index contributed by atoms with van der Waals surface area (Å²) in [5.41, 5.74) is 0.787. The maximum Gasteiger partial charge on any atom is 0.291 e. The number of rotatable bonds is 8. The molecule has 1 aliphatic rings. The van der Waals surface area contributed by atoms with Gasteiger partial charge in [-0.15, -0.1) is 0 Å². The van der Waals surface area contributed by atoms with Crippen LogP contribution in [0.3, 0.4) is 0 Å². The number of hydrogen-bond acceptors (Lipinski definition) is 6. The van der Waals surface area contributed by atoms with E-state index in [4.69, 9.17) is 11.6 Å². The summed E-state index contributed by atoms with van der Waals surface area (Å²) in [5, 5.41) is 0.495. The van der Waals surface area contributed by atoms with Crippen molar-refractivity contribution >= 4 is 39.1 Å². The second-order valence-electron chi connectivity index (χ2n) is 8.32. The average molecular weight is 492 g/mol. The van der Waals surface area contributed by atoms with E-state index in [9.17, 15) is 22.8 Å². The van der Waals surface area contributed by atoms with Crippen molar-refractivity contribution in [1.82, 2.24) is 14.1 Å². The van der Waals surface area contributed by atoms with E-state index in [0.29, 0.717) is 17.1 Å². The van der Waals surface area contributed by atoms with Crippen LogP contribution in [0, 0.1) is 5.92 Å². The molecule has 10 heteroatoms. The molecule has 0 spiro atoms. The molecule has 0 radical (unpaired) electrons. The zero-order valence-corrected chi connectivity index (χ0v) is 20.4. The quantitative estimate of drug-likeness (QED) is 0.319. The molecule has 1 saturated heterocycles. The minimum atomic E-state index is -3.66. The van der Waals surface area contributed by atoms with Crippen molar-refractivity contribution in [1.29, 1.82) is 0 Å². The van der Waals surface area contributed by atoms with E-state index in [1.807, 2.05) is 19.0 Å². The lowest BCUT2D eigenvalue weighted by atomic mass is 9.86. The number of likely N-dealkylation sites (tertiary alicyclic amines) is 1. The van der Waals surface area contributed by atoms with Crippen LogP contribution in [0.5, 0.6) is 0 Å². The van der Waals surface area contributed by atoms with Gasteiger partial charge in [-0.25, -0.2) is 12.7 Å². The number of halogens is 1. The fraction of sp³-hybridized carbons (Fsp3) is 0.348. The third kappa shape index (κ3) is 5.01. The molecule has 33 heavy (non-hydrogen) atoms. The van der Waals surface area contributed by atoms with Crippen LogP contribution in [0.4, 0.5) is 0 Å². The molecule has 2 aromatic rings. The Balaban J connectivity index is 2.01. The van der Waals surface area contributed by atoms with E-state index in [0.717, 1.165) is 4.31 Å². The Morgan fingerprint density at radius 1 is 0.970 bits per heavy atom. The molecule has 0 N–H and O–H groups in total. The maximum atomic E-state index is 13.4. The Hall–Kier alpha value is -2.59. The zero-order valence-electron chi connectivity index (χ0n) is 18.9. The molecule has 176 valence electrons. The van der Waals surface area contributed by atoms with Crippen LogP contribution in [0.15, 0.2) is 53.4 Å². The van der Waals surface area contributed by atoms with Crippen LogP contribution in [0.2, 0.25) is 5.02 Å². The van der Waals surface area contributed by atoms with Crippen molar-refractivity contribution in [3.8, 4) is 0 Å². The normalized spacial score (nSPS) is 19.1. The van der Waals surface area contributed by atoms with Crippen LogP contribution in [0.25, 0.3) is 0 Å². The molecule has 1 heterocycles. The van der Waals surface area contributed by atoms with Gasteiger partial charge in [-0.3, -0.25) is 14.4 Å². The molecule has 8 nitrogen and oxygen atoms in total. The molecule has 1 amide bonds. The largest absolute Gasteiger partial charge is 0.327 e. The van der Waals surface area contributed by atoms with Crippen LogP contribution in [0.1, 0.15) is 22.0 Å². The molecule has 3 rings (SSSR count). The van der Waals surface area contributed by atoms with E-state index in [1.54, 1.807) is 24.3 Å². The first-order chi connectivity index (χ1) is 15.4. The van der Waals surface area contributed by atoms with Crippen LogP contribution >= 0.6 is 11.6 Å². The van der Waals surface area contributed by atoms with Crippen molar-refractivity contribution in [2.75, 3.05) is 41.3 Å². The van der Waals surface area contributed by atoms with Gasteiger partial charge in [0.2, 0.25) is 15.8 Å². The van der Waals surface area contributed by atoms with Gasteiger partial charge in [0.15, 0.2) is 5.78 Å². The summed E-state index contributed by atoms with van der Waals surface area (Å²) in [6.45, 7) is 0.787. The first-order valence-electron chi connectivity index (χ1n) is 10.3. The topological polar surface area (TPSA) is 95.1 Å². The van der Waals surface area contributed by atoms with Crippen molar-refractivity contribution in [2.45, 2.75) is 10.9 Å². The van der Waals surface area contributed by atoms with E-state index >= 15 is 0 Å². The number of carbonyl (C=O) groups excluding carboxylic acids is 3. The predicted octanol–water partition coefficient (Wildman–Crippen LogP) is 2.10. The van der Waals surface area contributed by atoms with Crippen molar-refractivity contribution in [3.05, 3.63) is 64.7 Å². The molecular weight excluding hydrogens is 466 g/mol. The molecule has 1 aliphatic heterocycles. The second-order valence-corrected chi connectivity index (χ2v) is 10.9. The smallest absolute Gasteiger partial charge is 0.291 e. The first-order valence-corrected chi connectivity index (χ1v) is 12.1. The van der Waals surface area contributed by atoms with Crippen molar-refractivity contribution in [2.24, 2.45) is 5.92 Å². The molecule has 2 unspecified atom stereocenters. The number of ketones is 2. The van der Waals surface area contributed by atoms with E-state index in [2.05, 4.69) is 0 Å². The summed E-state index contributed by atoms with van der Waals surface area (Å²) in [7, 11) is 2.87. The zero-order chi connectivity index (χ0) is 24.5. The van der Waals surface area contributed by atoms with Gasteiger partial charge in [0.05, 0.1) is 10.9 Å². The summed E-state index contributed by atoms with van der Waals surface area (Å²) in [5.74, 6) is -3.25. The van der Waals surface area contributed by atoms with Gasteiger partial charge in [0.25, 0.3) is 5.91 Å². The Bertz CT molecular complexity index is 1160. The lowest BCUT2D eigenvalue weighted by Gasteiger charge is -2.28. The number of sulfonamides is 1. The summed E-state index contributed by atoms with van der Waals surface area (Å²) in [4.78, 5) is 42.6. The lowest BCUT2D eigenvalue weighted by molar-refractivity contribution is -0.140. The van der Waals surface area contributed by atoms with Crippen LogP contribution in [-0.2, 0) is 19.6 Å². The monoisotopic (exact) mass is 491 g/mol. The van der Waals surface area contributed by atoms with Gasteiger partial charge in [-0.1, -0.05) is 35.9 Å². The second kappa shape index (κ2) is 9.72. The molecule has 0 aromatic heterocycles. The van der Waals surface area contributed by atoms with Crippen LogP contribution < -0.4 is 0 Å². The standard InChI is InChI=1S/C23H26ClN3O5S/c1-25(2)13-14-27-20(15-5-9-17(24)10-6-15)19(22(29)23(27)30)21(28)16-7-11-18(12-8-16)33(31,32)26(3)4/h5-12,19-20H,13-14H2,1-4H3. The van der Waals surface area contributed by atoms with E-state index < -0.39 is 39.5 Å². The highest BCUT2D eigenvalue weighted by molar-refractivity contribution is 7.89. The summed E-state index contributed by atoms with van der Waals surface area (Å²) in [6.07, 6.45) is 0. The molecule has 2 atom stereocenters. The van der Waals surface area contributed by atoms with Crippen molar-refractivity contribution < 1.29 is 22.8 Å². The van der Waals surface area contributed by atoms with Gasteiger partial charge in [0, 0.05) is 37.8 Å². The Morgan fingerprint density at radius 2 is 1.55 bits per heavy atom. The summed E-state index contributed by atoms with van der Waals surface area (Å²) >= 11 is 6.01. The number of benzene rings is 2. The molecular formula is C23H26ClN3O5S. The molecule has 1 fully saturated rings. The minimum Gasteiger partial charge on any atom is -0.327 e. The van der Waals surface area contributed by atoms with Gasteiger partial charge in [-0.2, -0.15) is 0 Å². The summed E-state index contributed by atoms with van der Waals surface area (Å²) in [6, 6.07) is 11.3. The highest BCUT2D eigenvalue weighted by atomic mass is 35.5. The molecule has 2 aromatic carbocycles. The Labute approximate surface area is 198 Å². The average Bonchev–Trinajstić information content (AvgIpc) is 3.02. The fourth-order valence-corrected chi connectivity index (χ4v) is 4.78. The third-order valence-corrected chi connectivity index (χ3v) is 7.69. The molecule has 0 bridgehead atoms. The Morgan fingerprint density at radius 3 is 2.06 bits per heavy atom. The number of amides is 1. The number of carbonyl (C=O) groups is 3. The Kier molecular flexibility index (Phi) is 7.38. The van der Waals surface area contributed by atoms with Gasteiger partial charge < -0.3 is 9.80 Å². The maximum absolute atomic E-state index is 13.4. The van der Waals surface area contributed by atoms with E-state index in [1.165, 1.54) is 43.3 Å². The van der Waals surface area contributed by atoms with Gasteiger partial charge in [0.1, 0.15) is 5.92 Å². The number of hydrogen-bond donors (Lipinski definition) is 0. The lowest BCUT2D eigenvalue weighted by Crippen LogP contribution is -2.36. The SMILES string of the molecule is CN(C)CCN1C(=O)C(=O)C(C(=O)c2ccc(S(=O)(=O)N(C)C)cc2)C1c1ccc(Cl)cc1. The van der Waals surface area contributed by atoms with Gasteiger partial charge in [-0.05, 0) is 43.9 Å². The summed E-state index contributed by atoms with van der Waals surface area (Å²) < 4.78 is 25.7. The third-order valence-electron chi connectivity index (χ3n) is 5.61. The van der Waals surface area contributed by atoms with E-state index in [-0.39, 0.29) is 17.0 Å². The molecule has 0 aliphatic carbocycles. The fourth-order valence-electron chi connectivity index (χ4n) is 3.75. The number of Topliss-reactive ketones (excluding diaryl/α,β-unsaturated/α-hetero) is 2. The van der Waals surface area contributed by atoms with Crippen molar-refractivity contribution in [3.63, 3.8) is 0 Å². The predicted molar refractivity (Wildman–Crippen MR) is 125 cm³/mol. The highest BCUT2D eigenvalue weighted by Gasteiger charge is 2.51. The highest BCUT2D eigenvalue weighted by Crippen LogP contribution is 2.38. The minimum absolute atomic E-state index is 0.0275. The number of nitrogens with zero attached hydrogens (tertiary/aromatic N) is 3. The number of likely N-dealkylation sites (N-methyl/N-ethyl adjacent to an activating group) is 1. The first kappa shape index (κ1) is 25.0. The molecule has 0 saturated carbocycles. The van der Waals surface area contributed by atoms with Gasteiger partial charge >= 0.3 is 0 Å². The van der Waals surface area contributed by atoms with Crippen LogP contribution in [-0.4, -0.2) is 81.3 Å².